The fourth-order valence-corrected chi connectivity index (χ4v) is 1.29. The summed E-state index contributed by atoms with van der Waals surface area (Å²) in [5, 5.41) is 11.1. The number of aromatic amines is 1. The first-order valence-electron chi connectivity index (χ1n) is 4.21. The lowest BCUT2D eigenvalue weighted by Crippen LogP contribution is -2.24. The van der Waals surface area contributed by atoms with Crippen LogP contribution in [0.3, 0.4) is 0 Å². The topological polar surface area (TPSA) is 66.7 Å². The molecule has 0 saturated heterocycles. The van der Waals surface area contributed by atoms with Crippen LogP contribution in [0.4, 0.5) is 5.69 Å². The quantitative estimate of drug-likeness (QED) is 0.604. The average molecular weight is 176 g/mol. The van der Waals surface area contributed by atoms with Crippen LogP contribution < -0.4 is 11.1 Å². The monoisotopic (exact) mass is 176 g/mol. The fourth-order valence-electron chi connectivity index (χ4n) is 1.29. The zero-order valence-electron chi connectivity index (χ0n) is 7.41. The molecule has 0 aliphatic heterocycles. The molecule has 0 amide bonds. The number of rotatable bonds is 2. The van der Waals surface area contributed by atoms with E-state index in [0.29, 0.717) is 0 Å². The van der Waals surface area contributed by atoms with Gasteiger partial charge in [0.25, 0.3) is 0 Å². The van der Waals surface area contributed by atoms with Crippen LogP contribution >= 0.6 is 0 Å². The highest BCUT2D eigenvalue weighted by Crippen LogP contribution is 2.16. The van der Waals surface area contributed by atoms with Gasteiger partial charge in [-0.25, -0.2) is 0 Å². The summed E-state index contributed by atoms with van der Waals surface area (Å²) in [5.41, 5.74) is 7.63. The van der Waals surface area contributed by atoms with E-state index in [4.69, 9.17) is 5.73 Å². The van der Waals surface area contributed by atoms with Crippen molar-refractivity contribution in [3.05, 3.63) is 24.4 Å². The van der Waals surface area contributed by atoms with E-state index in [9.17, 15) is 0 Å². The van der Waals surface area contributed by atoms with Crippen molar-refractivity contribution in [3.63, 3.8) is 0 Å². The minimum Gasteiger partial charge on any atom is -0.370 e. The summed E-state index contributed by atoms with van der Waals surface area (Å²) in [5.74, 6) is 0. The Morgan fingerprint density at radius 2 is 2.38 bits per heavy atom. The zero-order valence-corrected chi connectivity index (χ0v) is 7.41. The van der Waals surface area contributed by atoms with Crippen molar-refractivity contribution >= 4 is 16.6 Å². The summed E-state index contributed by atoms with van der Waals surface area (Å²) in [6.07, 6.45) is 1.76. The number of nitrogens with zero attached hydrogens (tertiary/aromatic N) is 1. The van der Waals surface area contributed by atoms with Gasteiger partial charge in [-0.05, 0) is 25.1 Å². The highest BCUT2D eigenvalue weighted by Gasteiger charge is 1.98. The number of aromatic nitrogens is 2. The van der Waals surface area contributed by atoms with Gasteiger partial charge in [-0.3, -0.25) is 5.10 Å². The first kappa shape index (κ1) is 8.07. The molecule has 1 atom stereocenters. The SMILES string of the molecule is CC(N)Nc1ccc2cn[nH]c2c1. The molecule has 4 heteroatoms. The molecule has 1 unspecified atom stereocenters. The maximum absolute atomic E-state index is 5.61. The maximum atomic E-state index is 5.61. The van der Waals surface area contributed by atoms with Crippen molar-refractivity contribution in [1.29, 1.82) is 0 Å². The molecule has 0 radical (unpaired) electrons. The van der Waals surface area contributed by atoms with E-state index < -0.39 is 0 Å². The normalized spacial score (nSPS) is 13.1. The average Bonchev–Trinajstić information content (AvgIpc) is 2.49. The summed E-state index contributed by atoms with van der Waals surface area (Å²) in [6, 6.07) is 5.98. The maximum Gasteiger partial charge on any atom is 0.0714 e. The molecule has 4 nitrogen and oxygen atoms in total. The summed E-state index contributed by atoms with van der Waals surface area (Å²) < 4.78 is 0. The van der Waals surface area contributed by atoms with E-state index in [2.05, 4.69) is 15.5 Å². The summed E-state index contributed by atoms with van der Waals surface area (Å²) in [7, 11) is 0. The Morgan fingerprint density at radius 1 is 1.54 bits per heavy atom. The number of hydrogen-bond donors (Lipinski definition) is 3. The van der Waals surface area contributed by atoms with Crippen LogP contribution in [0.5, 0.6) is 0 Å². The number of fused-ring (bicyclic) bond motifs is 1. The fraction of sp³-hybridized carbons (Fsp3) is 0.222. The Kier molecular flexibility index (Phi) is 1.90. The second-order valence-electron chi connectivity index (χ2n) is 3.11. The van der Waals surface area contributed by atoms with Gasteiger partial charge in [-0.2, -0.15) is 5.10 Å². The van der Waals surface area contributed by atoms with Gasteiger partial charge in [0.1, 0.15) is 0 Å². The van der Waals surface area contributed by atoms with E-state index >= 15 is 0 Å². The molecule has 0 saturated carbocycles. The number of benzene rings is 1. The van der Waals surface area contributed by atoms with Gasteiger partial charge in [0.15, 0.2) is 0 Å². The van der Waals surface area contributed by atoms with Gasteiger partial charge in [0.05, 0.1) is 17.9 Å². The highest BCUT2D eigenvalue weighted by molar-refractivity contribution is 5.81. The molecule has 4 N–H and O–H groups in total. The number of nitrogens with two attached hydrogens (primary N) is 1. The molecule has 0 bridgehead atoms. The molecule has 0 aliphatic rings. The molecule has 68 valence electrons. The molecular weight excluding hydrogens is 164 g/mol. The molecule has 1 heterocycles. The molecule has 2 rings (SSSR count). The molecule has 0 aliphatic carbocycles. The number of nitrogens with one attached hydrogen (secondary N) is 2. The van der Waals surface area contributed by atoms with Crippen LogP contribution in [-0.2, 0) is 0 Å². The third-order valence-electron chi connectivity index (χ3n) is 1.84. The Balaban J connectivity index is 2.37. The highest BCUT2D eigenvalue weighted by atomic mass is 15.1. The Labute approximate surface area is 76.1 Å². The Hall–Kier alpha value is -1.55. The molecule has 1 aromatic carbocycles. The third-order valence-corrected chi connectivity index (χ3v) is 1.84. The van der Waals surface area contributed by atoms with Gasteiger partial charge in [-0.1, -0.05) is 0 Å². The minimum atomic E-state index is -0.0413. The van der Waals surface area contributed by atoms with Crippen LogP contribution in [0.15, 0.2) is 24.4 Å². The summed E-state index contributed by atoms with van der Waals surface area (Å²) >= 11 is 0. The first-order valence-corrected chi connectivity index (χ1v) is 4.21. The number of anilines is 1. The molecule has 0 spiro atoms. The van der Waals surface area contributed by atoms with Crippen LogP contribution in [0.1, 0.15) is 6.92 Å². The standard InChI is InChI=1S/C9H12N4/c1-6(10)12-8-3-2-7-5-11-13-9(7)4-8/h2-6,12H,10H2,1H3,(H,11,13). The van der Waals surface area contributed by atoms with Crippen LogP contribution in [0.2, 0.25) is 0 Å². The lowest BCUT2D eigenvalue weighted by Gasteiger charge is -2.09. The predicted molar refractivity (Wildman–Crippen MR) is 53.4 cm³/mol. The van der Waals surface area contributed by atoms with Crippen LogP contribution in [-0.4, -0.2) is 16.4 Å². The van der Waals surface area contributed by atoms with Gasteiger partial charge in [-0.15, -0.1) is 0 Å². The number of hydrogen-bond acceptors (Lipinski definition) is 3. The van der Waals surface area contributed by atoms with E-state index in [0.717, 1.165) is 16.6 Å². The third kappa shape index (κ3) is 1.62. The minimum absolute atomic E-state index is 0.0413. The van der Waals surface area contributed by atoms with Crippen molar-refractivity contribution in [2.24, 2.45) is 5.73 Å². The predicted octanol–water partition coefficient (Wildman–Crippen LogP) is 1.28. The first-order chi connectivity index (χ1) is 6.25. The summed E-state index contributed by atoms with van der Waals surface area (Å²) in [4.78, 5) is 0. The van der Waals surface area contributed by atoms with Crippen molar-refractivity contribution in [1.82, 2.24) is 10.2 Å². The van der Waals surface area contributed by atoms with E-state index in [1.807, 2.05) is 25.1 Å². The Bertz CT molecular complexity index is 405. The lowest BCUT2D eigenvalue weighted by molar-refractivity contribution is 0.852. The van der Waals surface area contributed by atoms with Crippen molar-refractivity contribution in [2.45, 2.75) is 13.1 Å². The largest absolute Gasteiger partial charge is 0.370 e. The van der Waals surface area contributed by atoms with E-state index in [1.165, 1.54) is 0 Å². The van der Waals surface area contributed by atoms with Gasteiger partial charge < -0.3 is 11.1 Å². The van der Waals surface area contributed by atoms with Crippen LogP contribution in [0.25, 0.3) is 10.9 Å². The van der Waals surface area contributed by atoms with E-state index in [1.54, 1.807) is 6.20 Å². The Morgan fingerprint density at radius 3 is 3.15 bits per heavy atom. The van der Waals surface area contributed by atoms with Crippen LogP contribution in [0, 0.1) is 0 Å². The second kappa shape index (κ2) is 3.06. The van der Waals surface area contributed by atoms with Crippen molar-refractivity contribution in [2.75, 3.05) is 5.32 Å². The summed E-state index contributed by atoms with van der Waals surface area (Å²) in [6.45, 7) is 1.90. The van der Waals surface area contributed by atoms with Gasteiger partial charge in [0.2, 0.25) is 0 Å². The molecule has 1 aromatic heterocycles. The molecule has 2 aromatic rings. The number of H-pyrrole nitrogens is 1. The molecular formula is C9H12N4. The van der Waals surface area contributed by atoms with E-state index in [-0.39, 0.29) is 6.17 Å². The lowest BCUT2D eigenvalue weighted by atomic mass is 10.2. The molecule has 0 fully saturated rings. The smallest absolute Gasteiger partial charge is 0.0714 e. The van der Waals surface area contributed by atoms with Gasteiger partial charge in [0, 0.05) is 11.1 Å². The zero-order chi connectivity index (χ0) is 9.26. The second-order valence-corrected chi connectivity index (χ2v) is 3.11. The van der Waals surface area contributed by atoms with Crippen molar-refractivity contribution in [3.8, 4) is 0 Å². The molecule has 13 heavy (non-hydrogen) atoms. The van der Waals surface area contributed by atoms with Gasteiger partial charge >= 0.3 is 0 Å². The van der Waals surface area contributed by atoms with Crippen molar-refractivity contribution < 1.29 is 0 Å².